The number of nitrogens with two attached hydrogens (primary N) is 1. The summed E-state index contributed by atoms with van der Waals surface area (Å²) in [5.74, 6) is 0.844. The Morgan fingerprint density at radius 3 is 2.83 bits per heavy atom. The largest absolute Gasteiger partial charge is 0.385 e. The van der Waals surface area contributed by atoms with Gasteiger partial charge in [-0.05, 0) is 36.5 Å². The Hall–Kier alpha value is -1.85. The molecule has 1 saturated carbocycles. The molecule has 3 N–H and O–H groups in total. The SMILES string of the molecule is Nc1ncc(Cl)c(N2CCc3ccc(C4(O)CCCC4)cc32)n1. The molecule has 0 amide bonds. The summed E-state index contributed by atoms with van der Waals surface area (Å²) >= 11 is 6.27. The summed E-state index contributed by atoms with van der Waals surface area (Å²) in [5, 5.41) is 11.3. The third-order valence-corrected chi connectivity index (χ3v) is 5.22. The molecule has 120 valence electrons. The molecule has 2 aromatic rings. The first kappa shape index (κ1) is 14.7. The van der Waals surface area contributed by atoms with Crippen molar-refractivity contribution >= 4 is 29.1 Å². The smallest absolute Gasteiger partial charge is 0.222 e. The van der Waals surface area contributed by atoms with Crippen molar-refractivity contribution in [2.45, 2.75) is 37.7 Å². The molecule has 0 saturated heterocycles. The number of rotatable bonds is 2. The molecule has 0 atom stereocenters. The number of fused-ring (bicyclic) bond motifs is 1. The highest BCUT2D eigenvalue weighted by Crippen LogP contribution is 2.43. The summed E-state index contributed by atoms with van der Waals surface area (Å²) in [5.41, 5.74) is 8.30. The number of anilines is 3. The number of hydrogen-bond acceptors (Lipinski definition) is 5. The van der Waals surface area contributed by atoms with Crippen LogP contribution in [-0.2, 0) is 12.0 Å². The Morgan fingerprint density at radius 1 is 1.26 bits per heavy atom. The maximum Gasteiger partial charge on any atom is 0.222 e. The molecule has 5 nitrogen and oxygen atoms in total. The van der Waals surface area contributed by atoms with E-state index in [-0.39, 0.29) is 5.95 Å². The van der Waals surface area contributed by atoms with E-state index in [0.717, 1.165) is 49.9 Å². The lowest BCUT2D eigenvalue weighted by Gasteiger charge is -2.25. The fraction of sp³-hybridized carbons (Fsp3) is 0.412. The van der Waals surface area contributed by atoms with Crippen molar-refractivity contribution in [3.05, 3.63) is 40.5 Å². The first-order chi connectivity index (χ1) is 11.1. The van der Waals surface area contributed by atoms with Crippen LogP contribution in [0.1, 0.15) is 36.8 Å². The minimum Gasteiger partial charge on any atom is -0.385 e. The molecule has 1 fully saturated rings. The van der Waals surface area contributed by atoms with Gasteiger partial charge in [0, 0.05) is 12.2 Å². The van der Waals surface area contributed by atoms with Gasteiger partial charge in [-0.3, -0.25) is 0 Å². The lowest BCUT2D eigenvalue weighted by molar-refractivity contribution is 0.0445. The van der Waals surface area contributed by atoms with Crippen LogP contribution in [0.3, 0.4) is 0 Å². The van der Waals surface area contributed by atoms with Crippen LogP contribution in [0.5, 0.6) is 0 Å². The van der Waals surface area contributed by atoms with Gasteiger partial charge in [-0.1, -0.05) is 36.6 Å². The van der Waals surface area contributed by atoms with Crippen molar-refractivity contribution in [2.24, 2.45) is 0 Å². The lowest BCUT2D eigenvalue weighted by Crippen LogP contribution is -2.22. The maximum absolute atomic E-state index is 10.9. The highest BCUT2D eigenvalue weighted by atomic mass is 35.5. The van der Waals surface area contributed by atoms with Gasteiger partial charge in [-0.2, -0.15) is 4.98 Å². The first-order valence-electron chi connectivity index (χ1n) is 7.98. The van der Waals surface area contributed by atoms with Crippen LogP contribution in [0.4, 0.5) is 17.5 Å². The second-order valence-electron chi connectivity index (χ2n) is 6.38. The molecule has 1 aliphatic heterocycles. The average molecular weight is 331 g/mol. The van der Waals surface area contributed by atoms with Gasteiger partial charge >= 0.3 is 0 Å². The first-order valence-corrected chi connectivity index (χ1v) is 8.36. The molecule has 23 heavy (non-hydrogen) atoms. The quantitative estimate of drug-likeness (QED) is 0.884. The normalized spacial score (nSPS) is 19.1. The fourth-order valence-electron chi connectivity index (χ4n) is 3.70. The predicted octanol–water partition coefficient (Wildman–Crippen LogP) is 3.17. The van der Waals surface area contributed by atoms with Crippen LogP contribution in [0, 0.1) is 0 Å². The van der Waals surface area contributed by atoms with Crippen molar-refractivity contribution in [3.8, 4) is 0 Å². The molecule has 0 radical (unpaired) electrons. The molecule has 6 heteroatoms. The average Bonchev–Trinajstić information content (AvgIpc) is 3.16. The summed E-state index contributed by atoms with van der Waals surface area (Å²) in [6.07, 6.45) is 6.26. The summed E-state index contributed by atoms with van der Waals surface area (Å²) in [6.45, 7) is 0.799. The Bertz CT molecular complexity index is 758. The summed E-state index contributed by atoms with van der Waals surface area (Å²) in [4.78, 5) is 10.3. The molecular weight excluding hydrogens is 312 g/mol. The summed E-state index contributed by atoms with van der Waals surface area (Å²) < 4.78 is 0. The molecule has 0 unspecified atom stereocenters. The second-order valence-corrected chi connectivity index (χ2v) is 6.79. The van der Waals surface area contributed by atoms with Crippen LogP contribution in [0.15, 0.2) is 24.4 Å². The Labute approximate surface area is 140 Å². The van der Waals surface area contributed by atoms with Gasteiger partial charge in [0.15, 0.2) is 5.82 Å². The minimum atomic E-state index is -0.697. The van der Waals surface area contributed by atoms with Crippen LogP contribution < -0.4 is 10.6 Å². The summed E-state index contributed by atoms with van der Waals surface area (Å²) in [7, 11) is 0. The van der Waals surface area contributed by atoms with Crippen LogP contribution in [0.2, 0.25) is 5.02 Å². The van der Waals surface area contributed by atoms with Crippen LogP contribution in [0.25, 0.3) is 0 Å². The van der Waals surface area contributed by atoms with E-state index in [0.29, 0.717) is 10.8 Å². The van der Waals surface area contributed by atoms with Gasteiger partial charge in [0.05, 0.1) is 11.8 Å². The maximum atomic E-state index is 10.9. The van der Waals surface area contributed by atoms with E-state index in [4.69, 9.17) is 17.3 Å². The molecule has 1 aromatic heterocycles. The van der Waals surface area contributed by atoms with Crippen molar-refractivity contribution in [1.29, 1.82) is 0 Å². The third-order valence-electron chi connectivity index (χ3n) is 4.95. The lowest BCUT2D eigenvalue weighted by atomic mass is 9.91. The van der Waals surface area contributed by atoms with Crippen molar-refractivity contribution < 1.29 is 5.11 Å². The highest BCUT2D eigenvalue weighted by molar-refractivity contribution is 6.33. The third kappa shape index (κ3) is 2.44. The van der Waals surface area contributed by atoms with E-state index in [1.165, 1.54) is 11.8 Å². The fourth-order valence-corrected chi connectivity index (χ4v) is 3.89. The van der Waals surface area contributed by atoms with Crippen molar-refractivity contribution in [1.82, 2.24) is 9.97 Å². The zero-order chi connectivity index (χ0) is 16.0. The van der Waals surface area contributed by atoms with Gasteiger partial charge in [0.1, 0.15) is 5.02 Å². The number of hydrogen-bond donors (Lipinski definition) is 2. The molecule has 2 heterocycles. The van der Waals surface area contributed by atoms with E-state index in [1.54, 1.807) is 0 Å². The van der Waals surface area contributed by atoms with E-state index >= 15 is 0 Å². The Kier molecular flexibility index (Phi) is 3.43. The van der Waals surface area contributed by atoms with E-state index in [9.17, 15) is 5.11 Å². The molecule has 1 aliphatic carbocycles. The Morgan fingerprint density at radius 2 is 2.04 bits per heavy atom. The monoisotopic (exact) mass is 330 g/mol. The number of nitrogen functional groups attached to an aromatic ring is 1. The predicted molar refractivity (Wildman–Crippen MR) is 91.0 cm³/mol. The zero-order valence-electron chi connectivity index (χ0n) is 12.8. The Balaban J connectivity index is 1.77. The summed E-state index contributed by atoms with van der Waals surface area (Å²) in [6, 6.07) is 6.26. The number of aromatic nitrogens is 2. The second kappa shape index (κ2) is 5.35. The van der Waals surface area contributed by atoms with Gasteiger partial charge in [-0.15, -0.1) is 0 Å². The van der Waals surface area contributed by atoms with Crippen molar-refractivity contribution in [2.75, 3.05) is 17.2 Å². The van der Waals surface area contributed by atoms with Gasteiger partial charge in [0.2, 0.25) is 5.95 Å². The highest BCUT2D eigenvalue weighted by Gasteiger charge is 2.34. The number of nitrogens with zero attached hydrogens (tertiary/aromatic N) is 3. The molecular formula is C17H19ClN4O. The molecule has 0 spiro atoms. The van der Waals surface area contributed by atoms with Gasteiger partial charge in [0.25, 0.3) is 0 Å². The standard InChI is InChI=1S/C17H19ClN4O/c18-13-10-20-16(19)21-15(13)22-8-5-11-3-4-12(9-14(11)22)17(23)6-1-2-7-17/h3-4,9-10,23H,1-2,5-8H2,(H2,19,20,21). The van der Waals surface area contributed by atoms with Gasteiger partial charge < -0.3 is 15.7 Å². The topological polar surface area (TPSA) is 75.3 Å². The molecule has 2 aliphatic rings. The van der Waals surface area contributed by atoms with E-state index in [2.05, 4.69) is 33.1 Å². The van der Waals surface area contributed by atoms with E-state index < -0.39 is 5.60 Å². The van der Waals surface area contributed by atoms with Crippen molar-refractivity contribution in [3.63, 3.8) is 0 Å². The van der Waals surface area contributed by atoms with Gasteiger partial charge in [-0.25, -0.2) is 4.98 Å². The molecule has 0 bridgehead atoms. The number of halogens is 1. The minimum absolute atomic E-state index is 0.212. The van der Waals surface area contributed by atoms with Crippen LogP contribution in [-0.4, -0.2) is 21.6 Å². The number of benzene rings is 1. The number of aliphatic hydroxyl groups is 1. The zero-order valence-corrected chi connectivity index (χ0v) is 13.6. The molecule has 1 aromatic carbocycles. The van der Waals surface area contributed by atoms with E-state index in [1.807, 2.05) is 0 Å². The molecule has 4 rings (SSSR count). The van der Waals surface area contributed by atoms with Crippen LogP contribution >= 0.6 is 11.6 Å².